The number of anilines is 1. The van der Waals surface area contributed by atoms with Gasteiger partial charge in [-0.25, -0.2) is 0 Å². The molecule has 0 saturated carbocycles. The number of rotatable bonds is 2. The summed E-state index contributed by atoms with van der Waals surface area (Å²) in [6.45, 7) is 6.98. The van der Waals surface area contributed by atoms with Crippen molar-refractivity contribution in [1.82, 2.24) is 15.1 Å². The number of nitrogens with two attached hydrogens (primary N) is 1. The molecule has 1 aliphatic heterocycles. The molecule has 2 rings (SSSR count). The van der Waals surface area contributed by atoms with Crippen molar-refractivity contribution in [2.24, 2.45) is 5.73 Å². The van der Waals surface area contributed by atoms with Crippen molar-refractivity contribution in [2.45, 2.75) is 19.9 Å². The maximum atomic E-state index is 9.38. The van der Waals surface area contributed by atoms with E-state index in [4.69, 9.17) is 5.73 Å². The fourth-order valence-corrected chi connectivity index (χ4v) is 2.42. The standard InChI is InChI=1S/C13H20N6/c1-9-10(2)16-17-13(12(9)7-15)19-5-4-18(3)8-11(19)6-14/h11H,4-6,8,14H2,1-3H3. The molecule has 1 unspecified atom stereocenters. The summed E-state index contributed by atoms with van der Waals surface area (Å²) in [7, 11) is 2.08. The summed E-state index contributed by atoms with van der Waals surface area (Å²) in [5, 5.41) is 17.8. The molecule has 0 aromatic carbocycles. The molecule has 6 nitrogen and oxygen atoms in total. The minimum absolute atomic E-state index is 0.183. The van der Waals surface area contributed by atoms with Crippen molar-refractivity contribution >= 4 is 5.82 Å². The zero-order valence-corrected chi connectivity index (χ0v) is 11.7. The Balaban J connectivity index is 2.41. The molecule has 0 bridgehead atoms. The monoisotopic (exact) mass is 260 g/mol. The molecule has 0 aliphatic carbocycles. The summed E-state index contributed by atoms with van der Waals surface area (Å²) < 4.78 is 0. The summed E-state index contributed by atoms with van der Waals surface area (Å²) in [6, 6.07) is 2.44. The topological polar surface area (TPSA) is 82.1 Å². The number of piperazine rings is 1. The van der Waals surface area contributed by atoms with Gasteiger partial charge < -0.3 is 15.5 Å². The third-order valence-electron chi connectivity index (χ3n) is 3.78. The van der Waals surface area contributed by atoms with Crippen LogP contribution in [0.15, 0.2) is 0 Å². The minimum Gasteiger partial charge on any atom is -0.347 e. The quantitative estimate of drug-likeness (QED) is 0.808. The number of hydrogen-bond acceptors (Lipinski definition) is 6. The Morgan fingerprint density at radius 2 is 2.11 bits per heavy atom. The van der Waals surface area contributed by atoms with Gasteiger partial charge in [-0.15, -0.1) is 5.10 Å². The van der Waals surface area contributed by atoms with Crippen LogP contribution in [0.4, 0.5) is 5.82 Å². The highest BCUT2D eigenvalue weighted by Crippen LogP contribution is 2.24. The second-order valence-corrected chi connectivity index (χ2v) is 5.07. The average Bonchev–Trinajstić information content (AvgIpc) is 2.41. The van der Waals surface area contributed by atoms with Gasteiger partial charge in [0.2, 0.25) is 0 Å². The van der Waals surface area contributed by atoms with Gasteiger partial charge in [-0.1, -0.05) is 0 Å². The van der Waals surface area contributed by atoms with Gasteiger partial charge in [-0.2, -0.15) is 10.4 Å². The van der Waals surface area contributed by atoms with Crippen LogP contribution in [0.2, 0.25) is 0 Å². The normalized spacial score (nSPS) is 20.4. The molecule has 0 spiro atoms. The van der Waals surface area contributed by atoms with E-state index in [2.05, 4.69) is 33.1 Å². The first-order chi connectivity index (χ1) is 9.08. The number of nitriles is 1. The second kappa shape index (κ2) is 5.51. The van der Waals surface area contributed by atoms with E-state index in [0.29, 0.717) is 17.9 Å². The highest BCUT2D eigenvalue weighted by molar-refractivity contribution is 5.58. The van der Waals surface area contributed by atoms with Gasteiger partial charge in [0, 0.05) is 26.2 Å². The van der Waals surface area contributed by atoms with Crippen LogP contribution in [0.25, 0.3) is 0 Å². The number of hydrogen-bond donors (Lipinski definition) is 1. The summed E-state index contributed by atoms with van der Waals surface area (Å²) in [5.41, 5.74) is 8.18. The van der Waals surface area contributed by atoms with Gasteiger partial charge in [0.1, 0.15) is 11.6 Å². The first kappa shape index (κ1) is 13.7. The Morgan fingerprint density at radius 3 is 2.74 bits per heavy atom. The van der Waals surface area contributed by atoms with E-state index in [-0.39, 0.29) is 6.04 Å². The molecule has 2 N–H and O–H groups in total. The lowest BCUT2D eigenvalue weighted by Crippen LogP contribution is -2.55. The Kier molecular flexibility index (Phi) is 3.98. The van der Waals surface area contributed by atoms with E-state index in [0.717, 1.165) is 30.9 Å². The summed E-state index contributed by atoms with van der Waals surface area (Å²) in [6.07, 6.45) is 0. The lowest BCUT2D eigenvalue weighted by molar-refractivity contribution is 0.268. The maximum absolute atomic E-state index is 9.38. The van der Waals surface area contributed by atoms with Crippen molar-refractivity contribution in [3.8, 4) is 6.07 Å². The smallest absolute Gasteiger partial charge is 0.169 e. The lowest BCUT2D eigenvalue weighted by atomic mass is 10.1. The van der Waals surface area contributed by atoms with Crippen LogP contribution in [0.1, 0.15) is 16.8 Å². The van der Waals surface area contributed by atoms with E-state index in [1.165, 1.54) is 0 Å². The first-order valence-electron chi connectivity index (χ1n) is 6.47. The molecule has 19 heavy (non-hydrogen) atoms. The highest BCUT2D eigenvalue weighted by Gasteiger charge is 2.28. The van der Waals surface area contributed by atoms with Crippen LogP contribution >= 0.6 is 0 Å². The third-order valence-corrected chi connectivity index (χ3v) is 3.78. The van der Waals surface area contributed by atoms with Crippen LogP contribution in [0.3, 0.4) is 0 Å². The van der Waals surface area contributed by atoms with Crippen LogP contribution < -0.4 is 10.6 Å². The number of aromatic nitrogens is 2. The van der Waals surface area contributed by atoms with Gasteiger partial charge in [-0.05, 0) is 26.5 Å². The highest BCUT2D eigenvalue weighted by atomic mass is 15.3. The zero-order valence-electron chi connectivity index (χ0n) is 11.7. The van der Waals surface area contributed by atoms with Gasteiger partial charge in [-0.3, -0.25) is 0 Å². The molecule has 6 heteroatoms. The van der Waals surface area contributed by atoms with Crippen molar-refractivity contribution in [2.75, 3.05) is 38.1 Å². The summed E-state index contributed by atoms with van der Waals surface area (Å²) in [4.78, 5) is 4.37. The predicted molar refractivity (Wildman–Crippen MR) is 73.9 cm³/mol. The molecule has 1 saturated heterocycles. The van der Waals surface area contributed by atoms with E-state index in [9.17, 15) is 5.26 Å². The molecule has 2 heterocycles. The number of nitrogens with zero attached hydrogens (tertiary/aromatic N) is 5. The SMILES string of the molecule is Cc1nnc(N2CCN(C)CC2CN)c(C#N)c1C. The van der Waals surface area contributed by atoms with Crippen molar-refractivity contribution < 1.29 is 0 Å². The van der Waals surface area contributed by atoms with E-state index in [1.54, 1.807) is 0 Å². The van der Waals surface area contributed by atoms with Crippen LogP contribution in [0.5, 0.6) is 0 Å². The van der Waals surface area contributed by atoms with Crippen LogP contribution in [-0.2, 0) is 0 Å². The molecule has 1 fully saturated rings. The van der Waals surface area contributed by atoms with Gasteiger partial charge >= 0.3 is 0 Å². The fourth-order valence-electron chi connectivity index (χ4n) is 2.42. The van der Waals surface area contributed by atoms with Gasteiger partial charge in [0.25, 0.3) is 0 Å². The largest absolute Gasteiger partial charge is 0.347 e. The summed E-state index contributed by atoms with van der Waals surface area (Å²) >= 11 is 0. The minimum atomic E-state index is 0.183. The van der Waals surface area contributed by atoms with E-state index >= 15 is 0 Å². The molecular formula is C13H20N6. The molecule has 1 aromatic heterocycles. The second-order valence-electron chi connectivity index (χ2n) is 5.07. The molecule has 0 amide bonds. The number of likely N-dealkylation sites (N-methyl/N-ethyl adjacent to an activating group) is 1. The van der Waals surface area contributed by atoms with E-state index < -0.39 is 0 Å². The van der Waals surface area contributed by atoms with Crippen LogP contribution in [0, 0.1) is 25.2 Å². The van der Waals surface area contributed by atoms with Crippen molar-refractivity contribution in [1.29, 1.82) is 5.26 Å². The van der Waals surface area contributed by atoms with Crippen molar-refractivity contribution in [3.05, 3.63) is 16.8 Å². The van der Waals surface area contributed by atoms with Gasteiger partial charge in [0.15, 0.2) is 5.82 Å². The van der Waals surface area contributed by atoms with E-state index in [1.807, 2.05) is 13.8 Å². The number of aryl methyl sites for hydroxylation is 1. The van der Waals surface area contributed by atoms with Crippen LogP contribution in [-0.4, -0.2) is 54.4 Å². The molecule has 0 radical (unpaired) electrons. The molecule has 1 aromatic rings. The molecular weight excluding hydrogens is 240 g/mol. The Bertz CT molecular complexity index is 507. The van der Waals surface area contributed by atoms with Gasteiger partial charge in [0.05, 0.1) is 11.7 Å². The average molecular weight is 260 g/mol. The fraction of sp³-hybridized carbons (Fsp3) is 0.615. The zero-order chi connectivity index (χ0) is 14.0. The summed E-state index contributed by atoms with van der Waals surface area (Å²) in [5.74, 6) is 0.675. The maximum Gasteiger partial charge on any atom is 0.169 e. The first-order valence-corrected chi connectivity index (χ1v) is 6.47. The Hall–Kier alpha value is -1.71. The Morgan fingerprint density at radius 1 is 1.37 bits per heavy atom. The third kappa shape index (κ3) is 2.53. The Labute approximate surface area is 113 Å². The van der Waals surface area contributed by atoms with Crippen molar-refractivity contribution in [3.63, 3.8) is 0 Å². The molecule has 1 aliphatic rings. The molecule has 102 valence electrons. The lowest BCUT2D eigenvalue weighted by Gasteiger charge is -2.40. The molecule has 1 atom stereocenters. The predicted octanol–water partition coefficient (Wildman–Crippen LogP) is 0.0442.